The van der Waals surface area contributed by atoms with Crippen molar-refractivity contribution >= 4 is 5.65 Å². The van der Waals surface area contributed by atoms with Gasteiger partial charge in [0.2, 0.25) is 0 Å². The number of pyridine rings is 1. The summed E-state index contributed by atoms with van der Waals surface area (Å²) in [4.78, 5) is 10.2. The van der Waals surface area contributed by atoms with Gasteiger partial charge in [0.15, 0.2) is 11.5 Å². The minimum Gasteiger partial charge on any atom is -0.493 e. The summed E-state index contributed by atoms with van der Waals surface area (Å²) in [6.07, 6.45) is 3.36. The van der Waals surface area contributed by atoms with Gasteiger partial charge in [0, 0.05) is 44.0 Å². The molecule has 0 saturated carbocycles. The highest BCUT2D eigenvalue weighted by Gasteiger charge is 2.27. The van der Waals surface area contributed by atoms with Crippen LogP contribution in [0.5, 0.6) is 11.5 Å². The van der Waals surface area contributed by atoms with E-state index < -0.39 is 0 Å². The molecule has 0 bridgehead atoms. The molecule has 0 amide bonds. The third kappa shape index (κ3) is 4.98. The number of fused-ring (bicyclic) bond motifs is 1. The number of ether oxygens (including phenoxy) is 2. The number of piperazine rings is 1. The van der Waals surface area contributed by atoms with E-state index in [4.69, 9.17) is 14.5 Å². The van der Waals surface area contributed by atoms with Gasteiger partial charge in [-0.1, -0.05) is 25.1 Å². The molecule has 1 fully saturated rings. The van der Waals surface area contributed by atoms with Crippen molar-refractivity contribution < 1.29 is 9.47 Å². The number of imidazole rings is 1. The third-order valence-electron chi connectivity index (χ3n) is 7.55. The Kier molecular flexibility index (Phi) is 7.64. The highest BCUT2D eigenvalue weighted by atomic mass is 16.5. The van der Waals surface area contributed by atoms with Gasteiger partial charge in [-0.25, -0.2) is 4.98 Å². The van der Waals surface area contributed by atoms with E-state index in [0.29, 0.717) is 17.1 Å². The van der Waals surface area contributed by atoms with Crippen LogP contribution in [0, 0.1) is 11.3 Å². The van der Waals surface area contributed by atoms with Crippen LogP contribution in [0.15, 0.2) is 60.8 Å². The summed E-state index contributed by atoms with van der Waals surface area (Å²) >= 11 is 0. The number of hydrogen-bond donors (Lipinski definition) is 0. The van der Waals surface area contributed by atoms with Crippen molar-refractivity contribution in [3.63, 3.8) is 0 Å². The number of benzene rings is 2. The highest BCUT2D eigenvalue weighted by molar-refractivity contribution is 5.72. The monoisotopic (exact) mass is 509 g/mol. The van der Waals surface area contributed by atoms with E-state index in [0.717, 1.165) is 66.4 Å². The van der Waals surface area contributed by atoms with Gasteiger partial charge < -0.3 is 18.8 Å². The van der Waals surface area contributed by atoms with Crippen molar-refractivity contribution in [2.45, 2.75) is 26.3 Å². The number of rotatable bonds is 8. The molecule has 1 saturated heterocycles. The second-order valence-corrected chi connectivity index (χ2v) is 9.80. The van der Waals surface area contributed by atoms with Gasteiger partial charge in [-0.3, -0.25) is 4.90 Å². The Morgan fingerprint density at radius 1 is 0.895 bits per heavy atom. The zero-order chi connectivity index (χ0) is 26.6. The predicted molar refractivity (Wildman–Crippen MR) is 151 cm³/mol. The Balaban J connectivity index is 1.60. The van der Waals surface area contributed by atoms with Gasteiger partial charge in [-0.05, 0) is 67.4 Å². The molecule has 1 aliphatic heterocycles. The van der Waals surface area contributed by atoms with Gasteiger partial charge in [-0.15, -0.1) is 0 Å². The molecule has 0 spiro atoms. The normalized spacial score (nSPS) is 15.3. The van der Waals surface area contributed by atoms with E-state index in [1.54, 1.807) is 14.2 Å². The summed E-state index contributed by atoms with van der Waals surface area (Å²) in [5, 5.41) is 9.30. The van der Waals surface area contributed by atoms with E-state index >= 15 is 0 Å². The topological polar surface area (TPSA) is 66.0 Å². The molecule has 1 unspecified atom stereocenters. The lowest BCUT2D eigenvalue weighted by Crippen LogP contribution is -2.47. The quantitative estimate of drug-likeness (QED) is 0.306. The molecule has 1 atom stereocenters. The molecule has 2 aromatic heterocycles. The largest absolute Gasteiger partial charge is 0.493 e. The number of nitrogens with zero attached hydrogens (tertiary/aromatic N) is 5. The highest BCUT2D eigenvalue weighted by Crippen LogP contribution is 2.36. The maximum Gasteiger partial charge on any atom is 0.161 e. The summed E-state index contributed by atoms with van der Waals surface area (Å²) in [6.45, 7) is 9.90. The molecule has 4 aromatic rings. The van der Waals surface area contributed by atoms with E-state index in [1.807, 2.05) is 36.4 Å². The van der Waals surface area contributed by atoms with Gasteiger partial charge >= 0.3 is 0 Å². The van der Waals surface area contributed by atoms with Crippen LogP contribution in [-0.4, -0.2) is 66.1 Å². The van der Waals surface area contributed by atoms with Crippen molar-refractivity contribution in [1.82, 2.24) is 19.2 Å². The molecule has 5 rings (SSSR count). The van der Waals surface area contributed by atoms with Crippen LogP contribution in [-0.2, 0) is 0 Å². The molecule has 196 valence electrons. The minimum atomic E-state index is 0.167. The van der Waals surface area contributed by atoms with Crippen LogP contribution in [0.2, 0.25) is 0 Å². The lowest BCUT2D eigenvalue weighted by Gasteiger charge is -2.38. The second-order valence-electron chi connectivity index (χ2n) is 9.80. The summed E-state index contributed by atoms with van der Waals surface area (Å²) in [6, 6.07) is 20.3. The van der Waals surface area contributed by atoms with Crippen LogP contribution in [0.4, 0.5) is 0 Å². The molecule has 7 heteroatoms. The van der Waals surface area contributed by atoms with Gasteiger partial charge in [0.1, 0.15) is 5.65 Å². The van der Waals surface area contributed by atoms with Crippen molar-refractivity contribution in [2.24, 2.45) is 0 Å². The summed E-state index contributed by atoms with van der Waals surface area (Å²) in [7, 11) is 3.31. The lowest BCUT2D eigenvalue weighted by molar-refractivity contribution is 0.101. The number of nitriles is 1. The Labute approximate surface area is 224 Å². The summed E-state index contributed by atoms with van der Waals surface area (Å²) < 4.78 is 13.2. The lowest BCUT2D eigenvalue weighted by atomic mass is 10.0. The van der Waals surface area contributed by atoms with Crippen LogP contribution in [0.3, 0.4) is 0 Å². The SMILES string of the molecule is CCCN1CCN(C(C)c2c(-c3ccc(C#N)cc3)nc3ccc(-c4ccc(OC)c(OC)c4)cn23)CC1. The molecule has 2 aromatic carbocycles. The van der Waals surface area contributed by atoms with E-state index in [9.17, 15) is 5.26 Å². The molecule has 0 radical (unpaired) electrons. The molecule has 0 aliphatic carbocycles. The fourth-order valence-corrected chi connectivity index (χ4v) is 5.43. The average Bonchev–Trinajstić information content (AvgIpc) is 3.35. The Hall–Kier alpha value is -3.86. The molecule has 38 heavy (non-hydrogen) atoms. The Morgan fingerprint density at radius 3 is 2.24 bits per heavy atom. The first kappa shape index (κ1) is 25.8. The molecular formula is C31H35N5O2. The van der Waals surface area contributed by atoms with Crippen molar-refractivity contribution in [3.8, 4) is 40.0 Å². The number of aromatic nitrogens is 2. The zero-order valence-corrected chi connectivity index (χ0v) is 22.6. The van der Waals surface area contributed by atoms with Gasteiger partial charge in [0.25, 0.3) is 0 Å². The maximum absolute atomic E-state index is 9.30. The van der Waals surface area contributed by atoms with E-state index in [-0.39, 0.29) is 6.04 Å². The second kappa shape index (κ2) is 11.3. The van der Waals surface area contributed by atoms with Crippen LogP contribution in [0.25, 0.3) is 28.0 Å². The first-order valence-corrected chi connectivity index (χ1v) is 13.3. The Bertz CT molecular complexity index is 1450. The summed E-state index contributed by atoms with van der Waals surface area (Å²) in [5.74, 6) is 1.41. The summed E-state index contributed by atoms with van der Waals surface area (Å²) in [5.41, 5.74) is 6.81. The third-order valence-corrected chi connectivity index (χ3v) is 7.55. The molecule has 7 nitrogen and oxygen atoms in total. The maximum atomic E-state index is 9.30. The first-order valence-electron chi connectivity index (χ1n) is 13.3. The fourth-order valence-electron chi connectivity index (χ4n) is 5.43. The Morgan fingerprint density at radius 2 is 1.58 bits per heavy atom. The smallest absolute Gasteiger partial charge is 0.161 e. The first-order chi connectivity index (χ1) is 18.6. The molecule has 1 aliphatic rings. The minimum absolute atomic E-state index is 0.167. The molecular weight excluding hydrogens is 474 g/mol. The van der Waals surface area contributed by atoms with Crippen molar-refractivity contribution in [1.29, 1.82) is 5.26 Å². The standard InChI is InChI=1S/C31H35N5O2/c1-5-14-34-15-17-35(18-16-34)22(2)31-30(24-8-6-23(20-32)7-9-24)33-29-13-11-26(21-36(29)31)25-10-12-27(37-3)28(19-25)38-4/h6-13,19,21-22H,5,14-18H2,1-4H3. The molecule has 3 heterocycles. The predicted octanol–water partition coefficient (Wildman–Crippen LogP) is 5.65. The van der Waals surface area contributed by atoms with Crippen LogP contribution < -0.4 is 9.47 Å². The molecule has 0 N–H and O–H groups in total. The van der Waals surface area contributed by atoms with Crippen LogP contribution in [0.1, 0.15) is 37.6 Å². The van der Waals surface area contributed by atoms with Gasteiger partial charge in [-0.2, -0.15) is 5.26 Å². The van der Waals surface area contributed by atoms with Crippen molar-refractivity contribution in [2.75, 3.05) is 46.9 Å². The number of methoxy groups -OCH3 is 2. The van der Waals surface area contributed by atoms with E-state index in [2.05, 4.69) is 58.5 Å². The van der Waals surface area contributed by atoms with E-state index in [1.165, 1.54) is 6.42 Å². The average molecular weight is 510 g/mol. The van der Waals surface area contributed by atoms with Crippen molar-refractivity contribution in [3.05, 3.63) is 72.1 Å². The number of hydrogen-bond acceptors (Lipinski definition) is 6. The zero-order valence-electron chi connectivity index (χ0n) is 22.6. The fraction of sp³-hybridized carbons (Fsp3) is 0.355. The van der Waals surface area contributed by atoms with Crippen LogP contribution >= 0.6 is 0 Å². The van der Waals surface area contributed by atoms with Gasteiger partial charge in [0.05, 0.1) is 37.2 Å².